The van der Waals surface area contributed by atoms with Gasteiger partial charge >= 0.3 is 12.1 Å². The quantitative estimate of drug-likeness (QED) is 0.536. The number of hydrogen-bond acceptors (Lipinski definition) is 7. The normalized spacial score (nSPS) is 22.6. The number of phenols is 1. The molecular formula is C24H28F3N7O4. The van der Waals surface area contributed by atoms with Gasteiger partial charge in [0.1, 0.15) is 5.54 Å². The number of anilines is 2. The third-order valence-electron chi connectivity index (χ3n) is 7.57. The highest BCUT2D eigenvalue weighted by atomic mass is 19.3. The van der Waals surface area contributed by atoms with E-state index in [-0.39, 0.29) is 62.9 Å². The molecule has 5 rings (SSSR count). The second-order valence-electron chi connectivity index (χ2n) is 10.4. The van der Waals surface area contributed by atoms with Crippen LogP contribution in [0.25, 0.3) is 11.3 Å². The van der Waals surface area contributed by atoms with Crippen molar-refractivity contribution in [3.63, 3.8) is 0 Å². The molecule has 0 bridgehead atoms. The molecule has 1 aromatic carbocycles. The standard InChI is InChI=1S/C24H28F3N7O4/c1-23(2)12-32(22(37)38)7-9-34(23)21(36)31-6-8-33-17-10-16(14-4-3-5-15(25)18(14)35)29-30-19(17)28-11-24(33,13-31)20(26)27/h3-5,10,20,35H,6-9,11-13H2,1-2H3,(H,28,30)(H,37,38)/t24-/m1/s1. The molecule has 0 saturated carbocycles. The first-order valence-corrected chi connectivity index (χ1v) is 12.1. The van der Waals surface area contributed by atoms with Crippen LogP contribution in [0.15, 0.2) is 24.3 Å². The molecule has 1 aromatic heterocycles. The topological polar surface area (TPSA) is 125 Å². The molecule has 3 aliphatic heterocycles. The van der Waals surface area contributed by atoms with Crippen molar-refractivity contribution in [2.24, 2.45) is 0 Å². The molecule has 3 amide bonds. The van der Waals surface area contributed by atoms with Gasteiger partial charge in [-0.05, 0) is 32.0 Å². The molecule has 11 nitrogen and oxygen atoms in total. The number of amides is 3. The van der Waals surface area contributed by atoms with Gasteiger partial charge in [0.2, 0.25) is 0 Å². The second kappa shape index (κ2) is 9.10. The minimum absolute atomic E-state index is 0.0700. The SMILES string of the molecule is CC1(C)CN(C(=O)O)CCN1C(=O)N1CCN2c3cc(-c4cccc(F)c4O)nnc3NC[C@]2(C(F)F)C1. The predicted molar refractivity (Wildman–Crippen MR) is 131 cm³/mol. The summed E-state index contributed by atoms with van der Waals surface area (Å²) in [6, 6.07) is 4.99. The molecule has 2 saturated heterocycles. The van der Waals surface area contributed by atoms with Crippen molar-refractivity contribution < 1.29 is 33.0 Å². The van der Waals surface area contributed by atoms with Gasteiger partial charge in [0.25, 0.3) is 6.43 Å². The minimum atomic E-state index is -2.85. The summed E-state index contributed by atoms with van der Waals surface area (Å²) < 4.78 is 43.6. The summed E-state index contributed by atoms with van der Waals surface area (Å²) in [6.07, 6.45) is -3.92. The lowest BCUT2D eigenvalue weighted by Gasteiger charge is -2.55. The van der Waals surface area contributed by atoms with Gasteiger partial charge in [-0.25, -0.2) is 22.8 Å². The van der Waals surface area contributed by atoms with Crippen molar-refractivity contribution >= 4 is 23.6 Å². The maximum Gasteiger partial charge on any atom is 0.407 e. The number of nitrogens with one attached hydrogen (secondary N) is 1. The number of halogens is 3. The number of hydrogen-bond donors (Lipinski definition) is 3. The van der Waals surface area contributed by atoms with Crippen LogP contribution >= 0.6 is 0 Å². The number of benzene rings is 1. The number of urea groups is 1. The van der Waals surface area contributed by atoms with Crippen molar-refractivity contribution in [2.75, 3.05) is 56.0 Å². The van der Waals surface area contributed by atoms with Crippen molar-refractivity contribution in [1.29, 1.82) is 0 Å². The lowest BCUT2D eigenvalue weighted by Crippen LogP contribution is -2.73. The maximum atomic E-state index is 14.8. The summed E-state index contributed by atoms with van der Waals surface area (Å²) >= 11 is 0. The number of rotatable bonds is 2. The molecule has 3 N–H and O–H groups in total. The van der Waals surface area contributed by atoms with Crippen LogP contribution in [0.1, 0.15) is 13.8 Å². The van der Waals surface area contributed by atoms with E-state index >= 15 is 0 Å². The third kappa shape index (κ3) is 4.07. The van der Waals surface area contributed by atoms with Gasteiger partial charge in [-0.3, -0.25) is 0 Å². The Kier molecular flexibility index (Phi) is 6.15. The summed E-state index contributed by atoms with van der Waals surface area (Å²) in [5, 5.41) is 30.5. The van der Waals surface area contributed by atoms with E-state index in [1.54, 1.807) is 18.7 Å². The number of carbonyl (C=O) groups is 2. The van der Waals surface area contributed by atoms with Gasteiger partial charge in [-0.2, -0.15) is 0 Å². The molecule has 3 aliphatic rings. The molecule has 0 unspecified atom stereocenters. The van der Waals surface area contributed by atoms with Crippen LogP contribution in [-0.2, 0) is 0 Å². The molecule has 2 fully saturated rings. The maximum absolute atomic E-state index is 14.8. The molecule has 0 spiro atoms. The smallest absolute Gasteiger partial charge is 0.407 e. The Bertz CT molecular complexity index is 1280. The fourth-order valence-electron chi connectivity index (χ4n) is 5.52. The summed E-state index contributed by atoms with van der Waals surface area (Å²) in [6.45, 7) is 3.62. The highest BCUT2D eigenvalue weighted by Crippen LogP contribution is 2.42. The van der Waals surface area contributed by atoms with Crippen LogP contribution in [0.2, 0.25) is 0 Å². The average molecular weight is 536 g/mol. The zero-order valence-corrected chi connectivity index (χ0v) is 20.9. The van der Waals surface area contributed by atoms with E-state index in [1.165, 1.54) is 32.9 Å². The summed E-state index contributed by atoms with van der Waals surface area (Å²) in [5.41, 5.74) is -2.10. The lowest BCUT2D eigenvalue weighted by atomic mass is 9.90. The first kappa shape index (κ1) is 25.7. The number of phenolic OH excluding ortho intramolecular Hbond substituents is 1. The van der Waals surface area contributed by atoms with Gasteiger partial charge in [0.05, 0.1) is 23.5 Å². The van der Waals surface area contributed by atoms with Crippen molar-refractivity contribution in [1.82, 2.24) is 24.9 Å². The van der Waals surface area contributed by atoms with Gasteiger partial charge in [-0.1, -0.05) is 6.07 Å². The molecule has 0 aliphatic carbocycles. The Balaban J connectivity index is 1.44. The highest BCUT2D eigenvalue weighted by Gasteiger charge is 2.54. The first-order valence-electron chi connectivity index (χ1n) is 12.1. The fourth-order valence-corrected chi connectivity index (χ4v) is 5.52. The number of piperazine rings is 2. The summed E-state index contributed by atoms with van der Waals surface area (Å²) in [5.74, 6) is -1.19. The van der Waals surface area contributed by atoms with E-state index < -0.39 is 41.2 Å². The van der Waals surface area contributed by atoms with Crippen molar-refractivity contribution in [3.05, 3.63) is 30.1 Å². The molecule has 14 heteroatoms. The van der Waals surface area contributed by atoms with Gasteiger partial charge in [-0.15, -0.1) is 10.2 Å². The van der Waals surface area contributed by atoms with Crippen LogP contribution in [0.5, 0.6) is 5.75 Å². The Morgan fingerprint density at radius 1 is 1.08 bits per heavy atom. The zero-order chi connectivity index (χ0) is 27.4. The molecule has 38 heavy (non-hydrogen) atoms. The number of nitrogens with zero attached hydrogens (tertiary/aromatic N) is 6. The number of carbonyl (C=O) groups excluding carboxylic acids is 1. The predicted octanol–water partition coefficient (Wildman–Crippen LogP) is 2.73. The summed E-state index contributed by atoms with van der Waals surface area (Å²) in [7, 11) is 0. The highest BCUT2D eigenvalue weighted by molar-refractivity contribution is 5.80. The molecule has 204 valence electrons. The van der Waals surface area contributed by atoms with Crippen molar-refractivity contribution in [3.8, 4) is 17.0 Å². The molecule has 1 atom stereocenters. The lowest BCUT2D eigenvalue weighted by molar-refractivity contribution is 0.00228. The van der Waals surface area contributed by atoms with E-state index in [2.05, 4.69) is 15.5 Å². The van der Waals surface area contributed by atoms with Gasteiger partial charge in [0.15, 0.2) is 17.4 Å². The Morgan fingerprint density at radius 3 is 2.50 bits per heavy atom. The van der Waals surface area contributed by atoms with E-state index in [9.17, 15) is 33.0 Å². The Hall–Kier alpha value is -3.97. The Morgan fingerprint density at radius 2 is 1.82 bits per heavy atom. The van der Waals surface area contributed by atoms with Crippen LogP contribution in [0.3, 0.4) is 0 Å². The number of aromatic hydroxyl groups is 1. The second-order valence-corrected chi connectivity index (χ2v) is 10.4. The number of carboxylic acid groups (broad SMARTS) is 1. The fraction of sp³-hybridized carbons (Fsp3) is 0.500. The first-order chi connectivity index (χ1) is 17.9. The van der Waals surface area contributed by atoms with Crippen LogP contribution in [-0.4, -0.2) is 111 Å². The van der Waals surface area contributed by atoms with Crippen LogP contribution < -0.4 is 10.2 Å². The average Bonchev–Trinajstić information content (AvgIpc) is 2.88. The van der Waals surface area contributed by atoms with Gasteiger partial charge < -0.3 is 35.1 Å². The van der Waals surface area contributed by atoms with E-state index in [1.807, 2.05) is 0 Å². The van der Waals surface area contributed by atoms with Crippen LogP contribution in [0.4, 0.5) is 34.3 Å². The molecule has 4 heterocycles. The molecule has 0 radical (unpaired) electrons. The minimum Gasteiger partial charge on any atom is -0.504 e. The number of para-hydroxylation sites is 1. The van der Waals surface area contributed by atoms with Crippen molar-refractivity contribution in [2.45, 2.75) is 31.4 Å². The van der Waals surface area contributed by atoms with E-state index in [0.717, 1.165) is 6.07 Å². The number of fused-ring (bicyclic) bond motifs is 3. The van der Waals surface area contributed by atoms with Gasteiger partial charge in [0, 0.05) is 44.8 Å². The molecular weight excluding hydrogens is 507 g/mol. The van der Waals surface area contributed by atoms with Crippen LogP contribution in [0, 0.1) is 5.82 Å². The molecule has 2 aromatic rings. The summed E-state index contributed by atoms with van der Waals surface area (Å²) in [4.78, 5) is 30.7. The van der Waals surface area contributed by atoms with E-state index in [4.69, 9.17) is 0 Å². The number of alkyl halides is 2. The zero-order valence-electron chi connectivity index (χ0n) is 20.9. The third-order valence-corrected chi connectivity index (χ3v) is 7.57. The van der Waals surface area contributed by atoms with E-state index in [0.29, 0.717) is 5.69 Å². The monoisotopic (exact) mass is 535 g/mol. The Labute approximate surface area is 216 Å². The number of aromatic nitrogens is 2. The largest absolute Gasteiger partial charge is 0.504 e.